The number of halogens is 4. The molecule has 0 radical (unpaired) electrons. The summed E-state index contributed by atoms with van der Waals surface area (Å²) in [5.74, 6) is -0.231. The highest BCUT2D eigenvalue weighted by Gasteiger charge is 2.33. The van der Waals surface area contributed by atoms with Gasteiger partial charge >= 0.3 is 6.18 Å². The molecule has 0 aromatic heterocycles. The number of hydrogen-bond acceptors (Lipinski definition) is 1. The Kier molecular flexibility index (Phi) is 3.39. The van der Waals surface area contributed by atoms with Gasteiger partial charge in [0.15, 0.2) is 5.78 Å². The Bertz CT molecular complexity index is 385. The second kappa shape index (κ2) is 4.23. The number of benzene rings is 1. The van der Waals surface area contributed by atoms with Crippen LogP contribution in [0, 0.1) is 0 Å². The third-order valence-corrected chi connectivity index (χ3v) is 2.23. The van der Waals surface area contributed by atoms with Crippen molar-refractivity contribution >= 4 is 17.4 Å². The molecule has 0 unspecified atom stereocenters. The average Bonchev–Trinajstić information content (AvgIpc) is 2.14. The molecule has 0 spiro atoms. The molecule has 1 aromatic carbocycles. The zero-order valence-corrected chi connectivity index (χ0v) is 8.62. The van der Waals surface area contributed by atoms with Crippen LogP contribution in [0.4, 0.5) is 13.2 Å². The van der Waals surface area contributed by atoms with E-state index < -0.39 is 16.8 Å². The van der Waals surface area contributed by atoms with Gasteiger partial charge in [-0.15, -0.1) is 0 Å². The van der Waals surface area contributed by atoms with Crippen LogP contribution in [0.3, 0.4) is 0 Å². The maximum absolute atomic E-state index is 12.3. The van der Waals surface area contributed by atoms with Crippen molar-refractivity contribution in [2.45, 2.75) is 19.5 Å². The highest BCUT2D eigenvalue weighted by atomic mass is 35.5. The van der Waals surface area contributed by atoms with Crippen molar-refractivity contribution < 1.29 is 18.0 Å². The number of carbonyl (C=O) groups is 1. The Hall–Kier alpha value is -1.03. The highest BCUT2D eigenvalue weighted by Crippen LogP contribution is 2.34. The Balaban J connectivity index is 3.15. The Morgan fingerprint density at radius 3 is 2.40 bits per heavy atom. The molecule has 0 aliphatic carbocycles. The molecule has 1 aromatic rings. The third kappa shape index (κ3) is 2.72. The molecule has 0 heterocycles. The van der Waals surface area contributed by atoms with Crippen molar-refractivity contribution in [3.63, 3.8) is 0 Å². The summed E-state index contributed by atoms with van der Waals surface area (Å²) in [4.78, 5) is 11.2. The van der Waals surface area contributed by atoms with Crippen molar-refractivity contribution in [3.8, 4) is 0 Å². The molecule has 0 saturated carbocycles. The van der Waals surface area contributed by atoms with Gasteiger partial charge in [-0.25, -0.2) is 0 Å². The predicted octanol–water partition coefficient (Wildman–Crippen LogP) is 3.95. The molecular weight excluding hydrogens is 229 g/mol. The third-order valence-electron chi connectivity index (χ3n) is 1.92. The van der Waals surface area contributed by atoms with Crippen LogP contribution in [0.5, 0.6) is 0 Å². The van der Waals surface area contributed by atoms with Crippen LogP contribution in [0.25, 0.3) is 0 Å². The highest BCUT2D eigenvalue weighted by molar-refractivity contribution is 6.31. The first-order valence-electron chi connectivity index (χ1n) is 4.26. The Labute approximate surface area is 89.9 Å². The second-order valence-corrected chi connectivity index (χ2v) is 3.38. The maximum atomic E-state index is 12.3. The van der Waals surface area contributed by atoms with Crippen LogP contribution in [-0.2, 0) is 6.18 Å². The smallest absolute Gasteiger partial charge is 0.294 e. The summed E-state index contributed by atoms with van der Waals surface area (Å²) >= 11 is 5.44. The fourth-order valence-electron chi connectivity index (χ4n) is 1.12. The van der Waals surface area contributed by atoms with E-state index in [9.17, 15) is 18.0 Å². The van der Waals surface area contributed by atoms with Gasteiger partial charge < -0.3 is 0 Å². The fraction of sp³-hybridized carbons (Fsp3) is 0.300. The van der Waals surface area contributed by atoms with Gasteiger partial charge in [0.25, 0.3) is 0 Å². The van der Waals surface area contributed by atoms with E-state index in [2.05, 4.69) is 0 Å². The van der Waals surface area contributed by atoms with E-state index in [-0.39, 0.29) is 17.8 Å². The van der Waals surface area contributed by atoms with E-state index >= 15 is 0 Å². The minimum Gasteiger partial charge on any atom is -0.294 e. The topological polar surface area (TPSA) is 17.1 Å². The zero-order valence-electron chi connectivity index (χ0n) is 7.86. The van der Waals surface area contributed by atoms with Crippen molar-refractivity contribution in [1.82, 2.24) is 0 Å². The number of rotatable bonds is 2. The molecule has 0 fully saturated rings. The first-order valence-corrected chi connectivity index (χ1v) is 4.64. The number of carbonyl (C=O) groups excluding carboxylic acids is 1. The molecule has 0 N–H and O–H groups in total. The lowest BCUT2D eigenvalue weighted by molar-refractivity contribution is -0.137. The summed E-state index contributed by atoms with van der Waals surface area (Å²) in [6.45, 7) is 1.63. The molecule has 0 amide bonds. The first kappa shape index (κ1) is 12.0. The molecular formula is C10H8ClF3O. The van der Waals surface area contributed by atoms with Crippen LogP contribution >= 0.6 is 11.6 Å². The quantitative estimate of drug-likeness (QED) is 0.711. The molecule has 0 saturated heterocycles. The lowest BCUT2D eigenvalue weighted by Gasteiger charge is -2.09. The van der Waals surface area contributed by atoms with E-state index in [4.69, 9.17) is 11.6 Å². The number of Topliss-reactive ketones (excluding diaryl/α,β-unsaturated/α-hetero) is 1. The van der Waals surface area contributed by atoms with Crippen LogP contribution in [0.1, 0.15) is 29.3 Å². The zero-order chi connectivity index (χ0) is 11.6. The van der Waals surface area contributed by atoms with Gasteiger partial charge in [0, 0.05) is 12.0 Å². The van der Waals surface area contributed by atoms with Crippen LogP contribution in [0.15, 0.2) is 18.2 Å². The second-order valence-electron chi connectivity index (χ2n) is 2.97. The SMILES string of the molecule is CCC(=O)c1ccc(C(F)(F)F)c(Cl)c1. The fourth-order valence-corrected chi connectivity index (χ4v) is 1.41. The average molecular weight is 237 g/mol. The van der Waals surface area contributed by atoms with Crippen LogP contribution < -0.4 is 0 Å². The van der Waals surface area contributed by atoms with E-state index in [0.717, 1.165) is 18.2 Å². The Morgan fingerprint density at radius 2 is 2.00 bits per heavy atom. The van der Waals surface area contributed by atoms with Gasteiger partial charge in [-0.2, -0.15) is 13.2 Å². The molecule has 0 bridgehead atoms. The van der Waals surface area contributed by atoms with Gasteiger partial charge in [0.05, 0.1) is 10.6 Å². The van der Waals surface area contributed by atoms with E-state index in [1.807, 2.05) is 0 Å². The van der Waals surface area contributed by atoms with Gasteiger partial charge in [-0.3, -0.25) is 4.79 Å². The molecule has 0 atom stereocenters. The first-order chi connectivity index (χ1) is 6.86. The van der Waals surface area contributed by atoms with Gasteiger partial charge in [-0.1, -0.05) is 24.6 Å². The van der Waals surface area contributed by atoms with Gasteiger partial charge in [0.2, 0.25) is 0 Å². The van der Waals surface area contributed by atoms with E-state index in [0.29, 0.717) is 0 Å². The van der Waals surface area contributed by atoms with Crippen molar-refractivity contribution in [3.05, 3.63) is 34.3 Å². The number of alkyl halides is 3. The molecule has 5 heteroatoms. The van der Waals surface area contributed by atoms with Crippen molar-refractivity contribution in [2.24, 2.45) is 0 Å². The normalized spacial score (nSPS) is 11.5. The molecule has 0 aliphatic rings. The van der Waals surface area contributed by atoms with Crippen molar-refractivity contribution in [2.75, 3.05) is 0 Å². The number of hydrogen-bond donors (Lipinski definition) is 0. The summed E-state index contributed by atoms with van der Waals surface area (Å²) in [5.41, 5.74) is -0.715. The van der Waals surface area contributed by atoms with Crippen molar-refractivity contribution in [1.29, 1.82) is 0 Å². The molecule has 15 heavy (non-hydrogen) atoms. The summed E-state index contributed by atoms with van der Waals surface area (Å²) in [6, 6.07) is 3.02. The molecule has 1 rings (SSSR count). The largest absolute Gasteiger partial charge is 0.417 e. The standard InChI is InChI=1S/C10H8ClF3O/c1-2-9(15)6-3-4-7(8(11)5-6)10(12,13)14/h3-5H,2H2,1H3. The van der Waals surface area contributed by atoms with Gasteiger partial charge in [0.1, 0.15) is 0 Å². The molecule has 1 nitrogen and oxygen atoms in total. The Morgan fingerprint density at radius 1 is 1.40 bits per heavy atom. The van der Waals surface area contributed by atoms with Crippen LogP contribution in [0.2, 0.25) is 5.02 Å². The maximum Gasteiger partial charge on any atom is 0.417 e. The minimum absolute atomic E-state index is 0.204. The lowest BCUT2D eigenvalue weighted by atomic mass is 10.1. The van der Waals surface area contributed by atoms with Crippen LogP contribution in [-0.4, -0.2) is 5.78 Å². The number of ketones is 1. The van der Waals surface area contributed by atoms with E-state index in [1.165, 1.54) is 0 Å². The van der Waals surface area contributed by atoms with E-state index in [1.54, 1.807) is 6.92 Å². The monoisotopic (exact) mass is 236 g/mol. The van der Waals surface area contributed by atoms with Gasteiger partial charge in [-0.05, 0) is 12.1 Å². The summed E-state index contributed by atoms with van der Waals surface area (Å²) < 4.78 is 36.9. The predicted molar refractivity (Wildman–Crippen MR) is 51.1 cm³/mol. The molecule has 82 valence electrons. The lowest BCUT2D eigenvalue weighted by Crippen LogP contribution is -2.07. The summed E-state index contributed by atoms with van der Waals surface area (Å²) in [7, 11) is 0. The minimum atomic E-state index is -4.48. The summed E-state index contributed by atoms with van der Waals surface area (Å²) in [6.07, 6.45) is -4.24. The molecule has 0 aliphatic heterocycles. The summed E-state index contributed by atoms with van der Waals surface area (Å²) in [5, 5.41) is -0.443.